The van der Waals surface area contributed by atoms with Crippen LogP contribution in [0.5, 0.6) is 11.5 Å². The van der Waals surface area contributed by atoms with Crippen molar-refractivity contribution in [2.24, 2.45) is 0 Å². The number of benzene rings is 1. The monoisotopic (exact) mass is 263 g/mol. The lowest BCUT2D eigenvalue weighted by atomic mass is 10.1. The van der Waals surface area contributed by atoms with Crippen molar-refractivity contribution in [3.05, 3.63) is 23.8 Å². The molecule has 0 unspecified atom stereocenters. The van der Waals surface area contributed by atoms with Crippen LogP contribution in [0, 0.1) is 0 Å². The lowest BCUT2D eigenvalue weighted by Gasteiger charge is -2.09. The molecule has 0 aliphatic rings. The maximum Gasteiger partial charge on any atom is 0.390 e. The highest BCUT2D eigenvalue weighted by Gasteiger charge is 2.26. The number of phenols is 1. The summed E-state index contributed by atoms with van der Waals surface area (Å²) in [5.74, 6) is -0.773. The molecule has 0 atom stereocenters. The van der Waals surface area contributed by atoms with Crippen LogP contribution >= 0.6 is 0 Å². The molecule has 2 N–H and O–H groups in total. The van der Waals surface area contributed by atoms with E-state index in [1.165, 1.54) is 25.3 Å². The van der Waals surface area contributed by atoms with E-state index in [4.69, 9.17) is 4.74 Å². The third-order valence-corrected chi connectivity index (χ3v) is 2.14. The molecular formula is C11H12F3NO3. The minimum atomic E-state index is -4.33. The summed E-state index contributed by atoms with van der Waals surface area (Å²) in [6.07, 6.45) is -5.45. The maximum absolute atomic E-state index is 11.9. The van der Waals surface area contributed by atoms with Gasteiger partial charge in [0.25, 0.3) is 5.91 Å². The van der Waals surface area contributed by atoms with Crippen LogP contribution in [0.25, 0.3) is 0 Å². The predicted octanol–water partition coefficient (Wildman–Crippen LogP) is 2.08. The summed E-state index contributed by atoms with van der Waals surface area (Å²) in [4.78, 5) is 11.5. The number of ether oxygens (including phenoxy) is 1. The van der Waals surface area contributed by atoms with E-state index in [1.54, 1.807) is 0 Å². The van der Waals surface area contributed by atoms with Crippen LogP contribution in [-0.2, 0) is 0 Å². The van der Waals surface area contributed by atoms with E-state index in [1.807, 2.05) is 0 Å². The Morgan fingerprint density at radius 2 is 2.11 bits per heavy atom. The highest BCUT2D eigenvalue weighted by Crippen LogP contribution is 2.23. The Labute approximate surface area is 101 Å². The van der Waals surface area contributed by atoms with Gasteiger partial charge in [0.1, 0.15) is 11.5 Å². The SMILES string of the molecule is COc1ccc(O)c(C(=O)NCCC(F)(F)F)c1. The molecule has 1 rings (SSSR count). The van der Waals surface area contributed by atoms with Gasteiger partial charge in [-0.2, -0.15) is 13.2 Å². The predicted molar refractivity (Wildman–Crippen MR) is 57.7 cm³/mol. The second-order valence-corrected chi connectivity index (χ2v) is 3.50. The van der Waals surface area contributed by atoms with E-state index in [9.17, 15) is 23.1 Å². The van der Waals surface area contributed by atoms with Gasteiger partial charge in [-0.1, -0.05) is 0 Å². The molecule has 0 saturated carbocycles. The molecule has 0 spiro atoms. The fourth-order valence-corrected chi connectivity index (χ4v) is 1.24. The number of hydrogen-bond donors (Lipinski definition) is 2. The Morgan fingerprint density at radius 3 is 2.67 bits per heavy atom. The minimum Gasteiger partial charge on any atom is -0.507 e. The normalized spacial score (nSPS) is 11.1. The van der Waals surface area contributed by atoms with Crippen molar-refractivity contribution in [3.63, 3.8) is 0 Å². The van der Waals surface area contributed by atoms with Crippen LogP contribution in [0.2, 0.25) is 0 Å². The van der Waals surface area contributed by atoms with Crippen LogP contribution in [0.15, 0.2) is 18.2 Å². The van der Waals surface area contributed by atoms with Gasteiger partial charge in [-0.25, -0.2) is 0 Å². The van der Waals surface area contributed by atoms with Gasteiger partial charge in [-0.05, 0) is 18.2 Å². The number of methoxy groups -OCH3 is 1. The first-order valence-electron chi connectivity index (χ1n) is 5.05. The molecule has 4 nitrogen and oxygen atoms in total. The fourth-order valence-electron chi connectivity index (χ4n) is 1.24. The zero-order valence-electron chi connectivity index (χ0n) is 9.54. The molecule has 0 aliphatic heterocycles. The van der Waals surface area contributed by atoms with E-state index >= 15 is 0 Å². The van der Waals surface area contributed by atoms with Crippen molar-refractivity contribution >= 4 is 5.91 Å². The highest BCUT2D eigenvalue weighted by atomic mass is 19.4. The van der Waals surface area contributed by atoms with E-state index in [0.29, 0.717) is 5.75 Å². The largest absolute Gasteiger partial charge is 0.507 e. The van der Waals surface area contributed by atoms with Crippen molar-refractivity contribution in [1.29, 1.82) is 0 Å². The van der Waals surface area contributed by atoms with E-state index in [0.717, 1.165) is 0 Å². The van der Waals surface area contributed by atoms with Gasteiger partial charge in [0.2, 0.25) is 0 Å². The topological polar surface area (TPSA) is 58.6 Å². The van der Waals surface area contributed by atoms with Crippen LogP contribution in [0.1, 0.15) is 16.8 Å². The molecule has 1 aromatic carbocycles. The molecule has 7 heteroatoms. The van der Waals surface area contributed by atoms with E-state index in [-0.39, 0.29) is 11.3 Å². The van der Waals surface area contributed by atoms with Crippen molar-refractivity contribution in [2.75, 3.05) is 13.7 Å². The van der Waals surface area contributed by atoms with Crippen molar-refractivity contribution in [1.82, 2.24) is 5.32 Å². The quantitative estimate of drug-likeness (QED) is 0.874. The molecule has 0 radical (unpaired) electrons. The first-order chi connectivity index (χ1) is 8.33. The van der Waals surface area contributed by atoms with Gasteiger partial charge in [0.05, 0.1) is 19.1 Å². The summed E-state index contributed by atoms with van der Waals surface area (Å²) < 4.78 is 40.5. The lowest BCUT2D eigenvalue weighted by Crippen LogP contribution is -2.28. The summed E-state index contributed by atoms with van der Waals surface area (Å²) in [5, 5.41) is 11.5. The maximum atomic E-state index is 11.9. The first-order valence-corrected chi connectivity index (χ1v) is 5.05. The Morgan fingerprint density at radius 1 is 1.44 bits per heavy atom. The van der Waals surface area contributed by atoms with Crippen LogP contribution in [0.4, 0.5) is 13.2 Å². The minimum absolute atomic E-state index is 0.128. The summed E-state index contributed by atoms with van der Waals surface area (Å²) >= 11 is 0. The number of carbonyl (C=O) groups excluding carboxylic acids is 1. The Balaban J connectivity index is 2.66. The number of rotatable bonds is 4. The van der Waals surface area contributed by atoms with Crippen molar-refractivity contribution in [3.8, 4) is 11.5 Å². The number of hydrogen-bond acceptors (Lipinski definition) is 3. The summed E-state index contributed by atoms with van der Waals surface area (Å²) in [7, 11) is 1.37. The number of aromatic hydroxyl groups is 1. The van der Waals surface area contributed by atoms with E-state index in [2.05, 4.69) is 5.32 Å². The average molecular weight is 263 g/mol. The standard InChI is InChI=1S/C11H12F3NO3/c1-18-7-2-3-9(16)8(6-7)10(17)15-5-4-11(12,13)14/h2-3,6,16H,4-5H2,1H3,(H,15,17). The Kier molecular flexibility index (Phi) is 4.41. The zero-order chi connectivity index (χ0) is 13.8. The smallest absolute Gasteiger partial charge is 0.390 e. The van der Waals surface area contributed by atoms with Crippen molar-refractivity contribution in [2.45, 2.75) is 12.6 Å². The zero-order valence-corrected chi connectivity index (χ0v) is 9.54. The molecule has 1 amide bonds. The van der Waals surface area contributed by atoms with Gasteiger partial charge in [0.15, 0.2) is 0 Å². The number of alkyl halides is 3. The van der Waals surface area contributed by atoms with Crippen LogP contribution in [0.3, 0.4) is 0 Å². The summed E-state index contributed by atoms with van der Waals surface area (Å²) in [6.45, 7) is -0.543. The fraction of sp³-hybridized carbons (Fsp3) is 0.364. The third-order valence-electron chi connectivity index (χ3n) is 2.14. The number of nitrogens with one attached hydrogen (secondary N) is 1. The molecule has 100 valence electrons. The van der Waals surface area contributed by atoms with Gasteiger partial charge in [-0.3, -0.25) is 4.79 Å². The van der Waals surface area contributed by atoms with Gasteiger partial charge >= 0.3 is 6.18 Å². The van der Waals surface area contributed by atoms with Gasteiger partial charge in [-0.15, -0.1) is 0 Å². The van der Waals surface area contributed by atoms with Crippen LogP contribution < -0.4 is 10.1 Å². The molecule has 0 bridgehead atoms. The average Bonchev–Trinajstić information content (AvgIpc) is 2.27. The molecule has 0 aliphatic carbocycles. The lowest BCUT2D eigenvalue weighted by molar-refractivity contribution is -0.132. The second-order valence-electron chi connectivity index (χ2n) is 3.50. The molecular weight excluding hydrogens is 251 g/mol. The van der Waals surface area contributed by atoms with Gasteiger partial charge in [0, 0.05) is 6.54 Å². The van der Waals surface area contributed by atoms with E-state index < -0.39 is 25.0 Å². The van der Waals surface area contributed by atoms with Gasteiger partial charge < -0.3 is 15.2 Å². The number of halogens is 3. The molecule has 0 saturated heterocycles. The Bertz CT molecular complexity index is 432. The third kappa shape index (κ3) is 4.15. The second kappa shape index (κ2) is 5.61. The molecule has 0 fully saturated rings. The molecule has 0 heterocycles. The summed E-state index contributed by atoms with van der Waals surface area (Å²) in [5.41, 5.74) is -0.128. The van der Waals surface area contributed by atoms with Crippen molar-refractivity contribution < 1.29 is 27.8 Å². The highest BCUT2D eigenvalue weighted by molar-refractivity contribution is 5.97. The Hall–Kier alpha value is -1.92. The van der Waals surface area contributed by atoms with Crippen LogP contribution in [-0.4, -0.2) is 30.8 Å². The molecule has 1 aromatic rings. The first kappa shape index (κ1) is 14.1. The summed E-state index contributed by atoms with van der Waals surface area (Å²) in [6, 6.07) is 3.91. The molecule has 18 heavy (non-hydrogen) atoms. The molecule has 0 aromatic heterocycles. The number of amides is 1. The number of carbonyl (C=O) groups is 1. The number of phenolic OH excluding ortho intramolecular Hbond substituents is 1.